The molecule has 4 nitrogen and oxygen atoms in total. The number of fused-ring (bicyclic) bond motifs is 1. The van der Waals surface area contributed by atoms with Gasteiger partial charge in [0, 0.05) is 30.8 Å². The molecule has 2 fully saturated rings. The molecule has 0 aromatic carbocycles. The number of hydrogen-bond donors (Lipinski definition) is 1. The van der Waals surface area contributed by atoms with Gasteiger partial charge in [-0.15, -0.1) is 0 Å². The van der Waals surface area contributed by atoms with Crippen LogP contribution in [0, 0.1) is 17.8 Å². The normalized spacial score (nSPS) is 27.6. The van der Waals surface area contributed by atoms with E-state index in [9.17, 15) is 23.1 Å². The molecule has 4 unspecified atom stereocenters. The predicted octanol–water partition coefficient (Wildman–Crippen LogP) is 5.03. The van der Waals surface area contributed by atoms with Crippen LogP contribution in [0.2, 0.25) is 10.0 Å². The smallest absolute Gasteiger partial charge is 0.389 e. The van der Waals surface area contributed by atoms with Crippen LogP contribution in [0.3, 0.4) is 0 Å². The number of nitrogens with zero attached hydrogens (tertiary/aromatic N) is 2. The number of carbonyl (C=O) groups excluding carboxylic acids is 1. The number of aliphatic hydroxyl groups excluding tert-OH is 1. The molecule has 1 aliphatic carbocycles. The van der Waals surface area contributed by atoms with Crippen molar-refractivity contribution in [2.45, 2.75) is 64.3 Å². The lowest BCUT2D eigenvalue weighted by atomic mass is 9.65. The molecular weight excluding hydrogens is 428 g/mol. The van der Waals surface area contributed by atoms with Crippen LogP contribution in [0.1, 0.15) is 50.3 Å². The third-order valence-corrected chi connectivity index (χ3v) is 7.29. The van der Waals surface area contributed by atoms with E-state index in [4.69, 9.17) is 23.2 Å². The highest BCUT2D eigenvalue weighted by Gasteiger charge is 2.45. The number of likely N-dealkylation sites (tertiary alicyclic amines) is 1. The predicted molar refractivity (Wildman–Crippen MR) is 105 cm³/mol. The average molecular weight is 453 g/mol. The van der Waals surface area contributed by atoms with Gasteiger partial charge in [0.25, 0.3) is 0 Å². The van der Waals surface area contributed by atoms with Gasteiger partial charge in [-0.05, 0) is 43.9 Å². The molecule has 0 spiro atoms. The zero-order valence-corrected chi connectivity index (χ0v) is 17.7. The fraction of sp³-hybridized carbons (Fsp3) is 0.700. The molecule has 4 atom stereocenters. The number of rotatable bonds is 4. The molecule has 2 aliphatic rings. The van der Waals surface area contributed by atoms with Crippen molar-refractivity contribution in [2.24, 2.45) is 17.8 Å². The number of carbonyl (C=O) groups is 1. The van der Waals surface area contributed by atoms with Gasteiger partial charge in [0.05, 0.1) is 28.8 Å². The molecular formula is C20H25Cl2F3N2O2. The Hall–Kier alpha value is -1.05. The van der Waals surface area contributed by atoms with Crippen molar-refractivity contribution in [2.75, 3.05) is 6.54 Å². The molecule has 162 valence electrons. The lowest BCUT2D eigenvalue weighted by molar-refractivity contribution is -0.160. The van der Waals surface area contributed by atoms with Crippen LogP contribution in [0.15, 0.2) is 6.20 Å². The van der Waals surface area contributed by atoms with E-state index in [1.807, 2.05) is 6.92 Å². The first-order chi connectivity index (χ1) is 13.6. The van der Waals surface area contributed by atoms with E-state index >= 15 is 0 Å². The van der Waals surface area contributed by atoms with Crippen LogP contribution in [0.4, 0.5) is 13.2 Å². The van der Waals surface area contributed by atoms with E-state index < -0.39 is 12.6 Å². The highest BCUT2D eigenvalue weighted by Crippen LogP contribution is 2.47. The first-order valence-corrected chi connectivity index (χ1v) is 10.7. The van der Waals surface area contributed by atoms with Crippen molar-refractivity contribution in [1.82, 2.24) is 9.88 Å². The third kappa shape index (κ3) is 5.00. The zero-order valence-electron chi connectivity index (χ0n) is 16.2. The summed E-state index contributed by atoms with van der Waals surface area (Å²) in [5, 5.41) is 9.76. The van der Waals surface area contributed by atoms with Crippen molar-refractivity contribution in [1.29, 1.82) is 0 Å². The Bertz CT molecular complexity index is 760. The average Bonchev–Trinajstić information content (AvgIpc) is 2.65. The summed E-state index contributed by atoms with van der Waals surface area (Å²) in [4.78, 5) is 18.7. The fourth-order valence-corrected chi connectivity index (χ4v) is 5.68. The van der Waals surface area contributed by atoms with Crippen LogP contribution in [0.5, 0.6) is 0 Å². The van der Waals surface area contributed by atoms with E-state index in [0.29, 0.717) is 24.9 Å². The Labute approximate surface area is 178 Å². The highest BCUT2D eigenvalue weighted by molar-refractivity contribution is 6.36. The monoisotopic (exact) mass is 452 g/mol. The first-order valence-electron chi connectivity index (χ1n) is 9.91. The Balaban J connectivity index is 1.73. The molecule has 1 amide bonds. The lowest BCUT2D eigenvalue weighted by Gasteiger charge is -2.49. The van der Waals surface area contributed by atoms with Crippen molar-refractivity contribution in [3.63, 3.8) is 0 Å². The van der Waals surface area contributed by atoms with Gasteiger partial charge in [0.2, 0.25) is 5.91 Å². The first kappa shape index (κ1) is 22.6. The summed E-state index contributed by atoms with van der Waals surface area (Å²) < 4.78 is 38.9. The van der Waals surface area contributed by atoms with Crippen molar-refractivity contribution in [3.8, 4) is 0 Å². The van der Waals surface area contributed by atoms with Crippen molar-refractivity contribution < 1.29 is 23.1 Å². The maximum Gasteiger partial charge on any atom is 0.389 e. The van der Waals surface area contributed by atoms with Gasteiger partial charge in [0.1, 0.15) is 0 Å². The molecule has 0 radical (unpaired) electrons. The topological polar surface area (TPSA) is 53.4 Å². The Morgan fingerprint density at radius 3 is 2.66 bits per heavy atom. The number of aromatic nitrogens is 1. The second-order valence-electron chi connectivity index (χ2n) is 8.13. The van der Waals surface area contributed by atoms with E-state index in [-0.39, 0.29) is 58.5 Å². The van der Waals surface area contributed by atoms with E-state index in [2.05, 4.69) is 4.98 Å². The summed E-state index contributed by atoms with van der Waals surface area (Å²) >= 11 is 12.4. The summed E-state index contributed by atoms with van der Waals surface area (Å²) in [6, 6.07) is -0.131. The van der Waals surface area contributed by atoms with Crippen molar-refractivity contribution in [3.05, 3.63) is 27.5 Å². The minimum Gasteiger partial charge on any atom is -0.390 e. The van der Waals surface area contributed by atoms with Crippen LogP contribution in [-0.2, 0) is 17.8 Å². The zero-order chi connectivity index (χ0) is 21.3. The maximum absolute atomic E-state index is 13.0. The number of amides is 1. The molecule has 1 aromatic rings. The highest BCUT2D eigenvalue weighted by atomic mass is 35.5. The van der Waals surface area contributed by atoms with Gasteiger partial charge in [-0.1, -0.05) is 29.6 Å². The van der Waals surface area contributed by atoms with Crippen LogP contribution < -0.4 is 0 Å². The summed E-state index contributed by atoms with van der Waals surface area (Å²) in [7, 11) is 0. The summed E-state index contributed by atoms with van der Waals surface area (Å²) in [5.41, 5.74) is 0.679. The molecule has 1 N–H and O–H groups in total. The van der Waals surface area contributed by atoms with Crippen LogP contribution >= 0.6 is 23.2 Å². The summed E-state index contributed by atoms with van der Waals surface area (Å²) in [6.45, 7) is 2.00. The number of piperidine rings is 1. The molecule has 3 rings (SSSR count). The molecule has 9 heteroatoms. The van der Waals surface area contributed by atoms with Gasteiger partial charge in [-0.3, -0.25) is 9.78 Å². The maximum atomic E-state index is 13.0. The standard InChI is InChI=1S/C20H25Cl2F3N2O2/c1-11-13-4-2-3-12(8-20(23,24)25)14(13)5-6-27(11)18(29)7-15-16(21)9-26-17(10-28)19(15)22/h9,11-14,28H,2-8,10H2,1H3. The second-order valence-corrected chi connectivity index (χ2v) is 8.92. The Morgan fingerprint density at radius 1 is 1.28 bits per heavy atom. The van der Waals surface area contributed by atoms with E-state index in [0.717, 1.165) is 12.8 Å². The van der Waals surface area contributed by atoms with Gasteiger partial charge in [-0.25, -0.2) is 0 Å². The number of pyridine rings is 1. The van der Waals surface area contributed by atoms with Gasteiger partial charge in [0.15, 0.2) is 0 Å². The van der Waals surface area contributed by atoms with Gasteiger partial charge in [-0.2, -0.15) is 13.2 Å². The van der Waals surface area contributed by atoms with E-state index in [1.54, 1.807) is 4.90 Å². The SMILES string of the molecule is CC1C2CCCC(CC(F)(F)F)C2CCN1C(=O)Cc1c(Cl)cnc(CO)c1Cl. The van der Waals surface area contributed by atoms with Crippen molar-refractivity contribution >= 4 is 29.1 Å². The molecule has 1 aliphatic heterocycles. The molecule has 1 saturated carbocycles. The minimum atomic E-state index is -4.15. The number of halogens is 5. The minimum absolute atomic E-state index is 0.00137. The molecule has 2 heterocycles. The Kier molecular flexibility index (Phi) is 7.01. The Morgan fingerprint density at radius 2 is 2.00 bits per heavy atom. The summed E-state index contributed by atoms with van der Waals surface area (Å²) in [5.74, 6) is -0.443. The lowest BCUT2D eigenvalue weighted by Crippen LogP contribution is -2.53. The van der Waals surface area contributed by atoms with Crippen LogP contribution in [0.25, 0.3) is 0 Å². The molecule has 1 saturated heterocycles. The number of alkyl halides is 3. The quantitative estimate of drug-likeness (QED) is 0.696. The van der Waals surface area contributed by atoms with Crippen LogP contribution in [-0.4, -0.2) is 39.7 Å². The number of aliphatic hydroxyl groups is 1. The third-order valence-electron chi connectivity index (χ3n) is 6.51. The fourth-order valence-electron chi connectivity index (χ4n) is 5.14. The summed E-state index contributed by atoms with van der Waals surface area (Å²) in [6.07, 6.45) is -0.760. The molecule has 1 aromatic heterocycles. The molecule has 29 heavy (non-hydrogen) atoms. The van der Waals surface area contributed by atoms with Gasteiger partial charge < -0.3 is 10.0 Å². The second kappa shape index (κ2) is 8.98. The largest absolute Gasteiger partial charge is 0.390 e. The van der Waals surface area contributed by atoms with E-state index in [1.165, 1.54) is 6.20 Å². The van der Waals surface area contributed by atoms with Gasteiger partial charge >= 0.3 is 6.18 Å². The molecule has 0 bridgehead atoms. The number of hydrogen-bond acceptors (Lipinski definition) is 3.